The summed E-state index contributed by atoms with van der Waals surface area (Å²) in [5.74, 6) is -0.666. The Morgan fingerprint density at radius 1 is 1.11 bits per heavy atom. The van der Waals surface area contributed by atoms with Gasteiger partial charge in [0.25, 0.3) is 0 Å². The Morgan fingerprint density at radius 3 is 2.59 bits per heavy atom. The van der Waals surface area contributed by atoms with E-state index in [1.807, 2.05) is 36.4 Å². The Labute approximate surface area is 159 Å². The lowest BCUT2D eigenvalue weighted by molar-refractivity contribution is -0.137. The summed E-state index contributed by atoms with van der Waals surface area (Å²) in [6, 6.07) is 9.61. The van der Waals surface area contributed by atoms with Gasteiger partial charge in [0.1, 0.15) is 5.78 Å². The first-order chi connectivity index (χ1) is 13.1. The fourth-order valence-electron chi connectivity index (χ4n) is 3.05. The van der Waals surface area contributed by atoms with Crippen LogP contribution in [0.5, 0.6) is 0 Å². The van der Waals surface area contributed by atoms with E-state index >= 15 is 0 Å². The summed E-state index contributed by atoms with van der Waals surface area (Å²) < 4.78 is 5.12. The second-order valence-electron chi connectivity index (χ2n) is 6.67. The van der Waals surface area contributed by atoms with Crippen LogP contribution in [0.25, 0.3) is 0 Å². The Hall–Kier alpha value is -2.63. The van der Waals surface area contributed by atoms with Crippen molar-refractivity contribution in [1.82, 2.24) is 4.90 Å². The van der Waals surface area contributed by atoms with Crippen LogP contribution in [0.2, 0.25) is 0 Å². The first-order valence-electron chi connectivity index (χ1n) is 9.47. The van der Waals surface area contributed by atoms with Crippen LogP contribution in [0.15, 0.2) is 42.1 Å². The topological polar surface area (TPSA) is 83.9 Å². The molecule has 1 heterocycles. The second kappa shape index (κ2) is 11.2. The van der Waals surface area contributed by atoms with Crippen molar-refractivity contribution in [2.45, 2.75) is 51.4 Å². The Bertz CT molecular complexity index is 668. The van der Waals surface area contributed by atoms with E-state index in [0.29, 0.717) is 38.8 Å². The number of carboxylic acids is 1. The van der Waals surface area contributed by atoms with E-state index in [1.54, 1.807) is 4.90 Å². The highest BCUT2D eigenvalue weighted by molar-refractivity contribution is 5.82. The van der Waals surface area contributed by atoms with Gasteiger partial charge in [-0.2, -0.15) is 0 Å². The quantitative estimate of drug-likeness (QED) is 0.594. The van der Waals surface area contributed by atoms with Gasteiger partial charge < -0.3 is 9.84 Å². The van der Waals surface area contributed by atoms with E-state index in [4.69, 9.17) is 9.84 Å². The number of carboxylic acid groups (broad SMARTS) is 1. The van der Waals surface area contributed by atoms with E-state index in [9.17, 15) is 14.4 Å². The highest BCUT2D eigenvalue weighted by Crippen LogP contribution is 2.19. The molecule has 1 aliphatic rings. The number of rotatable bonds is 11. The molecule has 2 rings (SSSR count). The Morgan fingerprint density at radius 2 is 1.85 bits per heavy atom. The van der Waals surface area contributed by atoms with Gasteiger partial charge in [-0.1, -0.05) is 49.2 Å². The molecule has 146 valence electrons. The van der Waals surface area contributed by atoms with Gasteiger partial charge in [-0.25, -0.2) is 4.79 Å². The summed E-state index contributed by atoms with van der Waals surface area (Å²) in [6.07, 6.45) is 6.07. The SMILES string of the molecule is O=C(O)CCCCCCN1C(=O)OCCC1=CCC(=O)Cc1ccccc1. The van der Waals surface area contributed by atoms with Gasteiger partial charge in [-0.3, -0.25) is 14.5 Å². The minimum Gasteiger partial charge on any atom is -0.481 e. The van der Waals surface area contributed by atoms with Gasteiger partial charge in [0.05, 0.1) is 6.61 Å². The van der Waals surface area contributed by atoms with Crippen LogP contribution >= 0.6 is 0 Å². The summed E-state index contributed by atoms with van der Waals surface area (Å²) in [5, 5.41) is 8.64. The van der Waals surface area contributed by atoms with Crippen LogP contribution in [0, 0.1) is 0 Å². The summed E-state index contributed by atoms with van der Waals surface area (Å²) in [4.78, 5) is 36.4. The number of ether oxygens (including phenoxy) is 1. The van der Waals surface area contributed by atoms with Crippen molar-refractivity contribution < 1.29 is 24.2 Å². The number of unbranched alkanes of at least 4 members (excludes halogenated alkanes) is 3. The van der Waals surface area contributed by atoms with E-state index < -0.39 is 5.97 Å². The lowest BCUT2D eigenvalue weighted by Gasteiger charge is -2.29. The van der Waals surface area contributed by atoms with Gasteiger partial charge in [0, 0.05) is 37.9 Å². The van der Waals surface area contributed by atoms with Crippen molar-refractivity contribution in [3.8, 4) is 0 Å². The molecule has 6 nitrogen and oxygen atoms in total. The molecule has 1 aromatic carbocycles. The smallest absolute Gasteiger partial charge is 0.414 e. The van der Waals surface area contributed by atoms with E-state index in [0.717, 1.165) is 30.5 Å². The lowest BCUT2D eigenvalue weighted by atomic mass is 10.1. The van der Waals surface area contributed by atoms with E-state index in [-0.39, 0.29) is 18.3 Å². The van der Waals surface area contributed by atoms with Crippen molar-refractivity contribution in [1.29, 1.82) is 0 Å². The zero-order valence-electron chi connectivity index (χ0n) is 15.6. The standard InChI is InChI=1S/C21H27NO5/c23-19(16-17-8-4-3-5-9-17)12-11-18-13-15-27-21(26)22(18)14-7-2-1-6-10-20(24)25/h3-5,8-9,11H,1-2,6-7,10,12-16H2,(H,24,25). The molecule has 0 radical (unpaired) electrons. The first kappa shape index (κ1) is 20.7. The molecule has 0 aliphatic carbocycles. The Balaban J connectivity index is 1.81. The zero-order chi connectivity index (χ0) is 19.5. The number of cyclic esters (lactones) is 1. The number of ketones is 1. The molecule has 1 saturated heterocycles. The van der Waals surface area contributed by atoms with Crippen molar-refractivity contribution >= 4 is 17.8 Å². The van der Waals surface area contributed by atoms with Gasteiger partial charge in [0.15, 0.2) is 0 Å². The van der Waals surface area contributed by atoms with Crippen molar-refractivity contribution in [2.75, 3.05) is 13.2 Å². The van der Waals surface area contributed by atoms with Crippen molar-refractivity contribution in [2.24, 2.45) is 0 Å². The molecule has 6 heteroatoms. The number of hydrogen-bond acceptors (Lipinski definition) is 4. The maximum absolute atomic E-state index is 12.2. The van der Waals surface area contributed by atoms with Crippen molar-refractivity contribution in [3.05, 3.63) is 47.7 Å². The second-order valence-corrected chi connectivity index (χ2v) is 6.67. The van der Waals surface area contributed by atoms with Crippen molar-refractivity contribution in [3.63, 3.8) is 0 Å². The molecule has 1 amide bonds. The molecular formula is C21H27NO5. The number of benzene rings is 1. The minimum absolute atomic E-state index is 0.112. The number of amides is 1. The van der Waals surface area contributed by atoms with Gasteiger partial charge in [-0.15, -0.1) is 0 Å². The molecular weight excluding hydrogens is 346 g/mol. The van der Waals surface area contributed by atoms with Crippen LogP contribution < -0.4 is 0 Å². The van der Waals surface area contributed by atoms with E-state index in [1.165, 1.54) is 0 Å². The fourth-order valence-corrected chi connectivity index (χ4v) is 3.05. The minimum atomic E-state index is -0.778. The average Bonchev–Trinajstić information content (AvgIpc) is 2.65. The largest absolute Gasteiger partial charge is 0.481 e. The molecule has 1 aromatic rings. The molecule has 0 unspecified atom stereocenters. The van der Waals surface area contributed by atoms with Gasteiger partial charge in [-0.05, 0) is 18.4 Å². The molecule has 27 heavy (non-hydrogen) atoms. The number of carbonyl (C=O) groups is 3. The number of aliphatic carboxylic acids is 1. The highest BCUT2D eigenvalue weighted by atomic mass is 16.6. The number of allylic oxidation sites excluding steroid dienone is 1. The number of nitrogens with zero attached hydrogens (tertiary/aromatic N) is 1. The fraction of sp³-hybridized carbons (Fsp3) is 0.476. The average molecular weight is 373 g/mol. The first-order valence-corrected chi connectivity index (χ1v) is 9.47. The number of hydrogen-bond donors (Lipinski definition) is 1. The lowest BCUT2D eigenvalue weighted by Crippen LogP contribution is -2.36. The van der Waals surface area contributed by atoms with Gasteiger partial charge in [0.2, 0.25) is 0 Å². The molecule has 0 aromatic heterocycles. The monoisotopic (exact) mass is 373 g/mol. The third-order valence-corrected chi connectivity index (χ3v) is 4.48. The highest BCUT2D eigenvalue weighted by Gasteiger charge is 2.24. The normalized spacial score (nSPS) is 15.6. The van der Waals surface area contributed by atoms with Crippen LogP contribution in [-0.4, -0.2) is 41.0 Å². The van der Waals surface area contributed by atoms with E-state index in [2.05, 4.69) is 0 Å². The van der Waals surface area contributed by atoms with Crippen LogP contribution in [-0.2, 0) is 20.7 Å². The summed E-state index contributed by atoms with van der Waals surface area (Å²) in [6.45, 7) is 0.872. The maximum Gasteiger partial charge on any atom is 0.414 e. The molecule has 0 saturated carbocycles. The molecule has 0 spiro atoms. The summed E-state index contributed by atoms with van der Waals surface area (Å²) >= 11 is 0. The molecule has 0 bridgehead atoms. The van der Waals surface area contributed by atoms with Crippen LogP contribution in [0.4, 0.5) is 4.79 Å². The maximum atomic E-state index is 12.2. The third kappa shape index (κ3) is 7.64. The number of carbonyl (C=O) groups excluding carboxylic acids is 2. The Kier molecular flexibility index (Phi) is 8.55. The molecule has 1 fully saturated rings. The number of Topliss-reactive ketones (excluding diaryl/α,β-unsaturated/α-hetero) is 1. The van der Waals surface area contributed by atoms with Crippen LogP contribution in [0.1, 0.15) is 50.5 Å². The summed E-state index contributed by atoms with van der Waals surface area (Å²) in [7, 11) is 0. The molecule has 1 aliphatic heterocycles. The predicted molar refractivity (Wildman–Crippen MR) is 101 cm³/mol. The zero-order valence-corrected chi connectivity index (χ0v) is 15.6. The summed E-state index contributed by atoms with van der Waals surface area (Å²) in [5.41, 5.74) is 1.83. The molecule has 1 N–H and O–H groups in total. The predicted octanol–water partition coefficient (Wildman–Crippen LogP) is 3.95. The van der Waals surface area contributed by atoms with Crippen LogP contribution in [0.3, 0.4) is 0 Å². The van der Waals surface area contributed by atoms with Gasteiger partial charge >= 0.3 is 12.1 Å². The third-order valence-electron chi connectivity index (χ3n) is 4.48. The molecule has 0 atom stereocenters.